The second-order valence-electron chi connectivity index (χ2n) is 4.93. The highest BCUT2D eigenvalue weighted by Gasteiger charge is 2.22. The Morgan fingerprint density at radius 1 is 1.00 bits per heavy atom. The van der Waals surface area contributed by atoms with Crippen LogP contribution in [0.3, 0.4) is 0 Å². The molecule has 20 heavy (non-hydrogen) atoms. The lowest BCUT2D eigenvalue weighted by Crippen LogP contribution is -2.13. The van der Waals surface area contributed by atoms with Crippen LogP contribution < -0.4 is 0 Å². The minimum atomic E-state index is -0.521. The summed E-state index contributed by atoms with van der Waals surface area (Å²) in [6, 6.07) is 20.1. The van der Waals surface area contributed by atoms with Crippen molar-refractivity contribution >= 4 is 15.9 Å². The Kier molecular flexibility index (Phi) is 5.57. The summed E-state index contributed by atoms with van der Waals surface area (Å²) in [5.74, 6) is 0.0117. The van der Waals surface area contributed by atoms with Crippen molar-refractivity contribution in [1.82, 2.24) is 0 Å². The largest absolute Gasteiger partial charge is 0.388 e. The fraction of sp³-hybridized carbons (Fsp3) is 0.222. The molecule has 0 aliphatic rings. The average Bonchev–Trinajstić information content (AvgIpc) is 2.49. The third kappa shape index (κ3) is 4.06. The zero-order valence-corrected chi connectivity index (χ0v) is 13.0. The molecule has 0 aliphatic carbocycles. The van der Waals surface area contributed by atoms with Gasteiger partial charge in [0.15, 0.2) is 0 Å². The van der Waals surface area contributed by atoms with Crippen molar-refractivity contribution < 1.29 is 5.11 Å². The third-order valence-corrected chi connectivity index (χ3v) is 4.10. The summed E-state index contributed by atoms with van der Waals surface area (Å²) in [6.45, 7) is 3.97. The fourth-order valence-corrected chi connectivity index (χ4v) is 2.81. The van der Waals surface area contributed by atoms with Gasteiger partial charge in [0.2, 0.25) is 0 Å². The van der Waals surface area contributed by atoms with Gasteiger partial charge in [-0.1, -0.05) is 83.2 Å². The molecule has 2 aromatic rings. The van der Waals surface area contributed by atoms with E-state index in [0.717, 1.165) is 22.9 Å². The number of aliphatic hydroxyl groups is 1. The molecule has 0 saturated carbocycles. The highest BCUT2D eigenvalue weighted by Crippen LogP contribution is 2.33. The van der Waals surface area contributed by atoms with Crippen molar-refractivity contribution in [1.29, 1.82) is 0 Å². The molecule has 0 spiro atoms. The summed E-state index contributed by atoms with van der Waals surface area (Å²) >= 11 is 3.46. The van der Waals surface area contributed by atoms with Gasteiger partial charge in [-0.05, 0) is 28.5 Å². The molecule has 1 nitrogen and oxygen atoms in total. The zero-order chi connectivity index (χ0) is 14.4. The van der Waals surface area contributed by atoms with Crippen LogP contribution >= 0.6 is 15.9 Å². The summed E-state index contributed by atoms with van der Waals surface area (Å²) < 4.78 is 0.852. The van der Waals surface area contributed by atoms with E-state index in [-0.39, 0.29) is 5.92 Å². The molecule has 0 radical (unpaired) electrons. The van der Waals surface area contributed by atoms with Crippen LogP contribution in [0, 0.1) is 5.92 Å². The molecule has 0 unspecified atom stereocenters. The molecule has 0 bridgehead atoms. The lowest BCUT2D eigenvalue weighted by molar-refractivity contribution is 0.126. The van der Waals surface area contributed by atoms with Crippen LogP contribution in [0.5, 0.6) is 0 Å². The van der Waals surface area contributed by atoms with E-state index in [9.17, 15) is 5.11 Å². The second-order valence-corrected chi connectivity index (χ2v) is 5.95. The van der Waals surface area contributed by atoms with Gasteiger partial charge in [-0.3, -0.25) is 0 Å². The van der Waals surface area contributed by atoms with Gasteiger partial charge in [0.1, 0.15) is 0 Å². The quantitative estimate of drug-likeness (QED) is 0.800. The Labute approximate surface area is 129 Å². The third-order valence-electron chi connectivity index (χ3n) is 3.51. The Balaban J connectivity index is 2.06. The molecule has 0 aliphatic heterocycles. The van der Waals surface area contributed by atoms with E-state index in [2.05, 4.69) is 34.6 Å². The number of aryl methyl sites for hydroxylation is 1. The van der Waals surface area contributed by atoms with Crippen LogP contribution in [0.25, 0.3) is 0 Å². The predicted molar refractivity (Wildman–Crippen MR) is 87.7 cm³/mol. The lowest BCUT2D eigenvalue weighted by Gasteiger charge is -2.22. The molecular formula is C18H19BrO. The van der Waals surface area contributed by atoms with E-state index >= 15 is 0 Å². The Hall–Kier alpha value is -1.38. The van der Waals surface area contributed by atoms with Crippen molar-refractivity contribution in [2.24, 2.45) is 5.92 Å². The molecule has 2 rings (SSSR count). The van der Waals surface area contributed by atoms with E-state index in [1.807, 2.05) is 48.5 Å². The number of hydrogen-bond donors (Lipinski definition) is 1. The van der Waals surface area contributed by atoms with Gasteiger partial charge in [0.05, 0.1) is 6.10 Å². The standard InChI is InChI=1S/C18H19BrO/c1-14(19)17(13-12-15-8-4-2-5-9-15)18(20)16-10-6-3-7-11-16/h2-11,17-18,20H,1,12-13H2/t17-,18-/m1/s1. The van der Waals surface area contributed by atoms with Crippen LogP contribution in [-0.2, 0) is 6.42 Å². The maximum atomic E-state index is 10.5. The normalized spacial score (nSPS) is 13.7. The van der Waals surface area contributed by atoms with Crippen LogP contribution in [0.1, 0.15) is 23.7 Å². The van der Waals surface area contributed by atoms with Gasteiger partial charge < -0.3 is 5.11 Å². The summed E-state index contributed by atoms with van der Waals surface area (Å²) in [5, 5.41) is 10.5. The van der Waals surface area contributed by atoms with Crippen molar-refractivity contribution in [2.75, 3.05) is 0 Å². The smallest absolute Gasteiger partial charge is 0.0863 e. The van der Waals surface area contributed by atoms with E-state index in [4.69, 9.17) is 0 Å². The first-order valence-electron chi connectivity index (χ1n) is 6.79. The first-order valence-corrected chi connectivity index (χ1v) is 7.59. The van der Waals surface area contributed by atoms with Crippen LogP contribution in [0.4, 0.5) is 0 Å². The van der Waals surface area contributed by atoms with Gasteiger partial charge in [-0.2, -0.15) is 0 Å². The number of aliphatic hydroxyl groups excluding tert-OH is 1. The van der Waals surface area contributed by atoms with E-state index in [1.54, 1.807) is 0 Å². The minimum Gasteiger partial charge on any atom is -0.388 e. The van der Waals surface area contributed by atoms with Crippen LogP contribution in [-0.4, -0.2) is 5.11 Å². The number of rotatable bonds is 6. The monoisotopic (exact) mass is 330 g/mol. The number of hydrogen-bond acceptors (Lipinski definition) is 1. The Morgan fingerprint density at radius 2 is 1.55 bits per heavy atom. The molecule has 0 heterocycles. The second kappa shape index (κ2) is 7.41. The summed E-state index contributed by atoms with van der Waals surface area (Å²) in [7, 11) is 0. The Bertz CT molecular complexity index is 536. The van der Waals surface area contributed by atoms with Gasteiger partial charge in [0, 0.05) is 5.92 Å². The maximum Gasteiger partial charge on any atom is 0.0863 e. The van der Waals surface area contributed by atoms with Gasteiger partial charge >= 0.3 is 0 Å². The van der Waals surface area contributed by atoms with Crippen LogP contribution in [0.2, 0.25) is 0 Å². The molecule has 2 heteroatoms. The average molecular weight is 331 g/mol. The molecule has 104 valence electrons. The van der Waals surface area contributed by atoms with Gasteiger partial charge in [-0.15, -0.1) is 0 Å². The fourth-order valence-electron chi connectivity index (χ4n) is 2.34. The number of halogens is 1. The first-order chi connectivity index (χ1) is 9.68. The lowest BCUT2D eigenvalue weighted by atomic mass is 9.90. The first kappa shape index (κ1) is 15.0. The van der Waals surface area contributed by atoms with E-state index in [0.29, 0.717) is 0 Å². The predicted octanol–water partition coefficient (Wildman–Crippen LogP) is 4.88. The van der Waals surface area contributed by atoms with Crippen molar-refractivity contribution in [3.05, 3.63) is 82.9 Å². The highest BCUT2D eigenvalue weighted by molar-refractivity contribution is 9.11. The molecule has 2 atom stereocenters. The van der Waals surface area contributed by atoms with Gasteiger partial charge in [0.25, 0.3) is 0 Å². The molecule has 0 amide bonds. The molecule has 0 saturated heterocycles. The van der Waals surface area contributed by atoms with Gasteiger partial charge in [-0.25, -0.2) is 0 Å². The van der Waals surface area contributed by atoms with Crippen molar-refractivity contribution in [2.45, 2.75) is 18.9 Å². The zero-order valence-electron chi connectivity index (χ0n) is 11.4. The molecule has 0 aromatic heterocycles. The van der Waals surface area contributed by atoms with E-state index < -0.39 is 6.10 Å². The molecule has 1 N–H and O–H groups in total. The highest BCUT2D eigenvalue weighted by atomic mass is 79.9. The van der Waals surface area contributed by atoms with Crippen molar-refractivity contribution in [3.63, 3.8) is 0 Å². The molecule has 2 aromatic carbocycles. The molecule has 0 fully saturated rings. The maximum absolute atomic E-state index is 10.5. The summed E-state index contributed by atoms with van der Waals surface area (Å²) in [4.78, 5) is 0. The summed E-state index contributed by atoms with van der Waals surface area (Å²) in [5.41, 5.74) is 2.22. The topological polar surface area (TPSA) is 20.2 Å². The molecular weight excluding hydrogens is 312 g/mol. The van der Waals surface area contributed by atoms with E-state index in [1.165, 1.54) is 5.56 Å². The summed E-state index contributed by atoms with van der Waals surface area (Å²) in [6.07, 6.45) is 1.27. The van der Waals surface area contributed by atoms with Crippen LogP contribution in [0.15, 0.2) is 71.7 Å². The Morgan fingerprint density at radius 3 is 2.10 bits per heavy atom. The minimum absolute atomic E-state index is 0.0117. The SMILES string of the molecule is C=C(Br)[C@@H](CCc1ccccc1)[C@H](O)c1ccccc1. The van der Waals surface area contributed by atoms with Crippen molar-refractivity contribution in [3.8, 4) is 0 Å². The number of benzene rings is 2.